The molecular weight excluding hydrogens is 446 g/mol. The molecule has 0 aliphatic carbocycles. The van der Waals surface area contributed by atoms with E-state index in [9.17, 15) is 22.8 Å². The van der Waals surface area contributed by atoms with Crippen LogP contribution in [0.25, 0.3) is 11.2 Å². The van der Waals surface area contributed by atoms with Gasteiger partial charge in [-0.05, 0) is 37.8 Å². The fourth-order valence-electron chi connectivity index (χ4n) is 5.33. The molecule has 2 aliphatic rings. The van der Waals surface area contributed by atoms with E-state index in [-0.39, 0.29) is 35.7 Å². The summed E-state index contributed by atoms with van der Waals surface area (Å²) in [5, 5.41) is -0.516. The number of hydrogen-bond acceptors (Lipinski definition) is 6. The van der Waals surface area contributed by atoms with Crippen LogP contribution in [0.5, 0.6) is 0 Å². The second-order valence-corrected chi connectivity index (χ2v) is 11.1. The summed E-state index contributed by atoms with van der Waals surface area (Å²) < 4.78 is 30.0. The Hall–Kier alpha value is -3.21. The van der Waals surface area contributed by atoms with Gasteiger partial charge in [-0.3, -0.25) is 18.7 Å². The number of imidazole rings is 1. The predicted octanol–water partition coefficient (Wildman–Crippen LogP) is 0.430. The minimum absolute atomic E-state index is 0.0902. The lowest BCUT2D eigenvalue weighted by Crippen LogP contribution is -2.50. The van der Waals surface area contributed by atoms with Gasteiger partial charge in [0.05, 0.1) is 16.5 Å². The molecule has 2 atom stereocenters. The zero-order chi connectivity index (χ0) is 23.5. The number of carbonyl (C=O) groups is 1. The van der Waals surface area contributed by atoms with Gasteiger partial charge in [0.15, 0.2) is 21.0 Å². The number of fused-ring (bicyclic) bond motifs is 3. The van der Waals surface area contributed by atoms with E-state index in [1.807, 2.05) is 0 Å². The van der Waals surface area contributed by atoms with Crippen LogP contribution < -0.4 is 11.2 Å². The Morgan fingerprint density at radius 3 is 2.30 bits per heavy atom. The van der Waals surface area contributed by atoms with E-state index in [1.165, 1.54) is 29.6 Å². The molecule has 1 amide bonds. The van der Waals surface area contributed by atoms with Crippen LogP contribution in [0.2, 0.25) is 0 Å². The molecule has 2 bridgehead atoms. The number of rotatable bonds is 4. The quantitative estimate of drug-likeness (QED) is 0.545. The van der Waals surface area contributed by atoms with E-state index in [1.54, 1.807) is 35.2 Å². The Balaban J connectivity index is 1.40. The molecule has 2 unspecified atom stereocenters. The molecular formula is C22H25N5O5S. The SMILES string of the molecule is Cn1c(=O)c2c(ncn2CC(=O)N2C3CCC2CC(S(=O)(=O)c2ccccc2)C3)n(C)c1=O. The molecule has 2 aliphatic heterocycles. The van der Waals surface area contributed by atoms with Crippen molar-refractivity contribution in [3.05, 3.63) is 57.5 Å². The maximum Gasteiger partial charge on any atom is 0.332 e. The Bertz CT molecular complexity index is 1460. The van der Waals surface area contributed by atoms with Crippen LogP contribution in [-0.4, -0.2) is 55.2 Å². The zero-order valence-corrected chi connectivity index (χ0v) is 19.2. The monoisotopic (exact) mass is 471 g/mol. The van der Waals surface area contributed by atoms with Crippen LogP contribution in [0.1, 0.15) is 25.7 Å². The van der Waals surface area contributed by atoms with Crippen molar-refractivity contribution in [1.29, 1.82) is 0 Å². The maximum atomic E-state index is 13.3. The molecule has 2 fully saturated rings. The molecule has 2 saturated heterocycles. The van der Waals surface area contributed by atoms with Crippen molar-refractivity contribution in [2.75, 3.05) is 0 Å². The summed E-state index contributed by atoms with van der Waals surface area (Å²) in [6, 6.07) is 8.16. The number of aromatic nitrogens is 4. The Labute approximate surface area is 190 Å². The van der Waals surface area contributed by atoms with Crippen LogP contribution in [0, 0.1) is 0 Å². The van der Waals surface area contributed by atoms with E-state index in [2.05, 4.69) is 4.98 Å². The van der Waals surface area contributed by atoms with Crippen molar-refractivity contribution in [2.45, 2.75) is 54.5 Å². The molecule has 1 aromatic carbocycles. The van der Waals surface area contributed by atoms with Gasteiger partial charge in [-0.2, -0.15) is 0 Å². The first-order valence-electron chi connectivity index (χ1n) is 10.9. The maximum absolute atomic E-state index is 13.3. The van der Waals surface area contributed by atoms with Gasteiger partial charge in [-0.25, -0.2) is 18.2 Å². The van der Waals surface area contributed by atoms with E-state index < -0.39 is 26.3 Å². The highest BCUT2D eigenvalue weighted by Crippen LogP contribution is 2.40. The molecule has 174 valence electrons. The van der Waals surface area contributed by atoms with E-state index in [4.69, 9.17) is 0 Å². The van der Waals surface area contributed by atoms with Gasteiger partial charge in [0, 0.05) is 26.2 Å². The van der Waals surface area contributed by atoms with E-state index in [0.29, 0.717) is 17.7 Å². The van der Waals surface area contributed by atoms with Gasteiger partial charge in [0.2, 0.25) is 5.91 Å². The highest BCUT2D eigenvalue weighted by Gasteiger charge is 2.47. The van der Waals surface area contributed by atoms with Crippen molar-refractivity contribution in [3.63, 3.8) is 0 Å². The summed E-state index contributed by atoms with van der Waals surface area (Å²) in [7, 11) is -0.545. The molecule has 33 heavy (non-hydrogen) atoms. The summed E-state index contributed by atoms with van der Waals surface area (Å²) in [4.78, 5) is 44.4. The van der Waals surface area contributed by atoms with Gasteiger partial charge >= 0.3 is 5.69 Å². The Morgan fingerprint density at radius 2 is 1.67 bits per heavy atom. The van der Waals surface area contributed by atoms with Crippen LogP contribution in [0.3, 0.4) is 0 Å². The summed E-state index contributed by atoms with van der Waals surface area (Å²) >= 11 is 0. The second-order valence-electron chi connectivity index (χ2n) is 8.89. The first kappa shape index (κ1) is 21.6. The molecule has 10 nitrogen and oxygen atoms in total. The lowest BCUT2D eigenvalue weighted by atomic mass is 10.0. The molecule has 11 heteroatoms. The van der Waals surface area contributed by atoms with Crippen LogP contribution in [0.4, 0.5) is 0 Å². The minimum atomic E-state index is -3.46. The molecule has 0 N–H and O–H groups in total. The number of amides is 1. The summed E-state index contributed by atoms with van der Waals surface area (Å²) in [5.74, 6) is -0.173. The predicted molar refractivity (Wildman–Crippen MR) is 121 cm³/mol. The molecule has 0 spiro atoms. The lowest BCUT2D eigenvalue weighted by molar-refractivity contribution is -0.136. The minimum Gasteiger partial charge on any atom is -0.335 e. The van der Waals surface area contributed by atoms with Crippen LogP contribution in [-0.2, 0) is 35.3 Å². The molecule has 4 heterocycles. The van der Waals surface area contributed by atoms with Gasteiger partial charge in [-0.1, -0.05) is 18.2 Å². The number of hydrogen-bond donors (Lipinski definition) is 0. The molecule has 3 aromatic rings. The van der Waals surface area contributed by atoms with E-state index >= 15 is 0 Å². The third-order valence-corrected chi connectivity index (χ3v) is 9.20. The van der Waals surface area contributed by atoms with Crippen LogP contribution >= 0.6 is 0 Å². The van der Waals surface area contributed by atoms with E-state index in [0.717, 1.165) is 17.4 Å². The van der Waals surface area contributed by atoms with Crippen molar-refractivity contribution < 1.29 is 13.2 Å². The van der Waals surface area contributed by atoms with Crippen molar-refractivity contribution in [3.8, 4) is 0 Å². The average molecular weight is 472 g/mol. The third kappa shape index (κ3) is 3.33. The fraction of sp³-hybridized carbons (Fsp3) is 0.455. The smallest absolute Gasteiger partial charge is 0.332 e. The largest absolute Gasteiger partial charge is 0.335 e. The van der Waals surface area contributed by atoms with Crippen LogP contribution in [0.15, 0.2) is 51.1 Å². The van der Waals surface area contributed by atoms with Crippen molar-refractivity contribution in [1.82, 2.24) is 23.6 Å². The topological polar surface area (TPSA) is 116 Å². The van der Waals surface area contributed by atoms with Crippen molar-refractivity contribution in [2.24, 2.45) is 14.1 Å². The zero-order valence-electron chi connectivity index (χ0n) is 18.4. The number of nitrogens with zero attached hydrogens (tertiary/aromatic N) is 5. The summed E-state index contributed by atoms with van der Waals surface area (Å²) in [6.07, 6.45) is 3.73. The van der Waals surface area contributed by atoms with Gasteiger partial charge in [0.1, 0.15) is 6.54 Å². The Kier molecular flexibility index (Phi) is 5.04. The highest BCUT2D eigenvalue weighted by molar-refractivity contribution is 7.92. The van der Waals surface area contributed by atoms with Gasteiger partial charge < -0.3 is 9.47 Å². The van der Waals surface area contributed by atoms with Gasteiger partial charge in [-0.15, -0.1) is 0 Å². The first-order chi connectivity index (χ1) is 15.7. The number of piperidine rings is 1. The third-order valence-electron chi connectivity index (χ3n) is 7.01. The average Bonchev–Trinajstić information content (AvgIpc) is 3.34. The normalized spacial score (nSPS) is 22.7. The standard InChI is InChI=1S/C22H25N5O5S/c1-24-20-19(21(29)25(2)22(24)30)26(13-23-20)12-18(28)27-14-8-9-15(27)11-17(10-14)33(31,32)16-6-4-3-5-7-16/h3-7,13-15,17H,8-12H2,1-2H3. The molecule has 5 rings (SSSR count). The second kappa shape index (κ2) is 7.68. The number of carbonyl (C=O) groups excluding carboxylic acids is 1. The number of benzene rings is 1. The highest BCUT2D eigenvalue weighted by atomic mass is 32.2. The fourth-order valence-corrected chi connectivity index (χ4v) is 7.21. The molecule has 0 radical (unpaired) electrons. The summed E-state index contributed by atoms with van der Waals surface area (Å²) in [6.45, 7) is -0.0902. The number of aryl methyl sites for hydroxylation is 1. The molecule has 2 aromatic heterocycles. The Morgan fingerprint density at radius 1 is 1.03 bits per heavy atom. The summed E-state index contributed by atoms with van der Waals surface area (Å²) in [5.41, 5.74) is -0.564. The first-order valence-corrected chi connectivity index (χ1v) is 12.5. The van der Waals surface area contributed by atoms with Gasteiger partial charge in [0.25, 0.3) is 5.56 Å². The number of sulfone groups is 1. The van der Waals surface area contributed by atoms with Crippen molar-refractivity contribution >= 4 is 26.9 Å². The lowest BCUT2D eigenvalue weighted by Gasteiger charge is -2.38. The molecule has 0 saturated carbocycles.